The molecular formula is C13H21BrN2O. The molecule has 4 heteroatoms. The van der Waals surface area contributed by atoms with Crippen LogP contribution in [0.1, 0.15) is 12.5 Å². The minimum absolute atomic E-state index is 0.883. The summed E-state index contributed by atoms with van der Waals surface area (Å²) in [5.74, 6) is 0.883. The Morgan fingerprint density at radius 2 is 1.94 bits per heavy atom. The second-order valence-electron chi connectivity index (χ2n) is 3.82. The Morgan fingerprint density at radius 1 is 1.18 bits per heavy atom. The predicted molar refractivity (Wildman–Crippen MR) is 75.8 cm³/mol. The van der Waals surface area contributed by atoms with Gasteiger partial charge in [0.2, 0.25) is 0 Å². The van der Waals surface area contributed by atoms with E-state index >= 15 is 0 Å². The Balaban J connectivity index is 2.25. The molecule has 0 spiro atoms. The molecule has 1 aromatic rings. The summed E-state index contributed by atoms with van der Waals surface area (Å²) in [6, 6.07) is 6.22. The van der Waals surface area contributed by atoms with E-state index in [0.717, 1.165) is 42.8 Å². The highest BCUT2D eigenvalue weighted by Crippen LogP contribution is 2.25. The van der Waals surface area contributed by atoms with E-state index in [4.69, 9.17) is 4.74 Å². The average molecular weight is 301 g/mol. The van der Waals surface area contributed by atoms with E-state index in [0.29, 0.717) is 0 Å². The van der Waals surface area contributed by atoms with Crippen LogP contribution in [0.25, 0.3) is 0 Å². The first kappa shape index (κ1) is 14.5. The van der Waals surface area contributed by atoms with E-state index in [1.807, 2.05) is 6.07 Å². The van der Waals surface area contributed by atoms with E-state index < -0.39 is 0 Å². The van der Waals surface area contributed by atoms with Crippen LogP contribution in [-0.4, -0.2) is 33.3 Å². The van der Waals surface area contributed by atoms with E-state index in [9.17, 15) is 0 Å². The molecule has 0 aliphatic rings. The Kier molecular flexibility index (Phi) is 7.24. The maximum atomic E-state index is 5.20. The monoisotopic (exact) mass is 300 g/mol. The topological polar surface area (TPSA) is 33.3 Å². The lowest BCUT2D eigenvalue weighted by Crippen LogP contribution is -2.28. The zero-order chi connectivity index (χ0) is 12.5. The third-order valence-corrected chi connectivity index (χ3v) is 3.15. The Labute approximate surface area is 112 Å². The number of methoxy groups -OCH3 is 1. The fraction of sp³-hybridized carbons (Fsp3) is 0.538. The lowest BCUT2D eigenvalue weighted by atomic mass is 10.1. The van der Waals surface area contributed by atoms with Gasteiger partial charge in [0.05, 0.1) is 11.6 Å². The smallest absolute Gasteiger partial charge is 0.133 e. The first-order chi connectivity index (χ1) is 8.27. The fourth-order valence-corrected chi connectivity index (χ4v) is 2.16. The normalized spacial score (nSPS) is 10.5. The van der Waals surface area contributed by atoms with Gasteiger partial charge in [0.15, 0.2) is 0 Å². The molecule has 17 heavy (non-hydrogen) atoms. The third-order valence-electron chi connectivity index (χ3n) is 2.54. The van der Waals surface area contributed by atoms with Crippen LogP contribution in [0.4, 0.5) is 0 Å². The summed E-state index contributed by atoms with van der Waals surface area (Å²) < 4.78 is 6.22. The largest absolute Gasteiger partial charge is 0.496 e. The number of nitrogens with one attached hydrogen (secondary N) is 2. The molecule has 0 heterocycles. The minimum Gasteiger partial charge on any atom is -0.496 e. The van der Waals surface area contributed by atoms with Crippen LogP contribution < -0.4 is 15.4 Å². The number of rotatable bonds is 8. The van der Waals surface area contributed by atoms with Gasteiger partial charge in [-0.25, -0.2) is 0 Å². The molecule has 0 aromatic heterocycles. The van der Waals surface area contributed by atoms with Crippen molar-refractivity contribution in [1.82, 2.24) is 10.6 Å². The summed E-state index contributed by atoms with van der Waals surface area (Å²) in [5.41, 5.74) is 1.31. The molecule has 0 aliphatic heterocycles. The zero-order valence-corrected chi connectivity index (χ0v) is 12.1. The van der Waals surface area contributed by atoms with Crippen molar-refractivity contribution in [2.24, 2.45) is 0 Å². The van der Waals surface area contributed by atoms with Crippen molar-refractivity contribution >= 4 is 15.9 Å². The molecule has 0 fully saturated rings. The molecule has 96 valence electrons. The Morgan fingerprint density at radius 3 is 2.59 bits per heavy atom. The predicted octanol–water partition coefficient (Wildman–Crippen LogP) is 2.20. The van der Waals surface area contributed by atoms with E-state index in [2.05, 4.69) is 45.6 Å². The van der Waals surface area contributed by atoms with Crippen molar-refractivity contribution in [3.05, 3.63) is 28.2 Å². The SMILES string of the molecule is CCNCCNCCc1ccc(OC)c(Br)c1. The van der Waals surface area contributed by atoms with Crippen LogP contribution in [-0.2, 0) is 6.42 Å². The van der Waals surface area contributed by atoms with Gasteiger partial charge < -0.3 is 15.4 Å². The maximum absolute atomic E-state index is 5.20. The Bertz CT molecular complexity index is 331. The van der Waals surface area contributed by atoms with E-state index in [1.165, 1.54) is 5.56 Å². The van der Waals surface area contributed by atoms with Crippen LogP contribution in [0, 0.1) is 0 Å². The van der Waals surface area contributed by atoms with Crippen molar-refractivity contribution in [3.63, 3.8) is 0 Å². The molecule has 1 aromatic carbocycles. The molecule has 0 bridgehead atoms. The lowest BCUT2D eigenvalue weighted by Gasteiger charge is -2.07. The number of benzene rings is 1. The summed E-state index contributed by atoms with van der Waals surface area (Å²) in [6.45, 7) is 6.21. The van der Waals surface area contributed by atoms with Gasteiger partial charge in [-0.05, 0) is 53.1 Å². The van der Waals surface area contributed by atoms with Gasteiger partial charge in [-0.2, -0.15) is 0 Å². The summed E-state index contributed by atoms with van der Waals surface area (Å²) in [5, 5.41) is 6.69. The average Bonchev–Trinajstić information content (AvgIpc) is 2.34. The zero-order valence-electron chi connectivity index (χ0n) is 10.6. The molecule has 0 radical (unpaired) electrons. The highest BCUT2D eigenvalue weighted by molar-refractivity contribution is 9.10. The van der Waals surface area contributed by atoms with Crippen LogP contribution in [0.2, 0.25) is 0 Å². The van der Waals surface area contributed by atoms with Crippen LogP contribution >= 0.6 is 15.9 Å². The highest BCUT2D eigenvalue weighted by Gasteiger charge is 2.00. The second-order valence-corrected chi connectivity index (χ2v) is 4.68. The van der Waals surface area contributed by atoms with Crippen molar-refractivity contribution in [2.75, 3.05) is 33.3 Å². The number of ether oxygens (including phenoxy) is 1. The molecule has 0 atom stereocenters. The van der Waals surface area contributed by atoms with Gasteiger partial charge in [0.1, 0.15) is 5.75 Å². The summed E-state index contributed by atoms with van der Waals surface area (Å²) in [7, 11) is 1.68. The first-order valence-electron chi connectivity index (χ1n) is 6.01. The summed E-state index contributed by atoms with van der Waals surface area (Å²) >= 11 is 3.50. The number of likely N-dealkylation sites (N-methyl/N-ethyl adjacent to an activating group) is 1. The molecular weight excluding hydrogens is 280 g/mol. The fourth-order valence-electron chi connectivity index (χ4n) is 1.58. The van der Waals surface area contributed by atoms with Gasteiger partial charge >= 0.3 is 0 Å². The quantitative estimate of drug-likeness (QED) is 0.722. The van der Waals surface area contributed by atoms with Crippen LogP contribution in [0.15, 0.2) is 22.7 Å². The van der Waals surface area contributed by atoms with E-state index in [1.54, 1.807) is 7.11 Å². The molecule has 2 N–H and O–H groups in total. The standard InChI is InChI=1S/C13H21BrN2O/c1-3-15-8-9-16-7-6-11-4-5-13(17-2)12(14)10-11/h4-5,10,15-16H,3,6-9H2,1-2H3. The van der Waals surface area contributed by atoms with Gasteiger partial charge in [-0.1, -0.05) is 13.0 Å². The molecule has 0 saturated carbocycles. The summed E-state index contributed by atoms with van der Waals surface area (Å²) in [4.78, 5) is 0. The molecule has 0 amide bonds. The second kappa shape index (κ2) is 8.50. The van der Waals surface area contributed by atoms with Crippen molar-refractivity contribution in [1.29, 1.82) is 0 Å². The third kappa shape index (κ3) is 5.52. The molecule has 3 nitrogen and oxygen atoms in total. The minimum atomic E-state index is 0.883. The first-order valence-corrected chi connectivity index (χ1v) is 6.81. The molecule has 1 rings (SSSR count). The van der Waals surface area contributed by atoms with Crippen molar-refractivity contribution < 1.29 is 4.74 Å². The molecule has 0 saturated heterocycles. The van der Waals surface area contributed by atoms with Gasteiger partial charge in [0.25, 0.3) is 0 Å². The molecule has 0 unspecified atom stereocenters. The van der Waals surface area contributed by atoms with Gasteiger partial charge in [-0.3, -0.25) is 0 Å². The van der Waals surface area contributed by atoms with Crippen LogP contribution in [0.3, 0.4) is 0 Å². The van der Waals surface area contributed by atoms with Crippen LogP contribution in [0.5, 0.6) is 5.75 Å². The van der Waals surface area contributed by atoms with E-state index in [-0.39, 0.29) is 0 Å². The number of hydrogen-bond acceptors (Lipinski definition) is 3. The Hall–Kier alpha value is -0.580. The van der Waals surface area contributed by atoms with Crippen molar-refractivity contribution in [3.8, 4) is 5.75 Å². The molecule has 0 aliphatic carbocycles. The number of halogens is 1. The summed E-state index contributed by atoms with van der Waals surface area (Å²) in [6.07, 6.45) is 1.04. The lowest BCUT2D eigenvalue weighted by molar-refractivity contribution is 0.412. The van der Waals surface area contributed by atoms with Gasteiger partial charge in [0, 0.05) is 13.1 Å². The number of hydrogen-bond donors (Lipinski definition) is 2. The van der Waals surface area contributed by atoms with Crippen molar-refractivity contribution in [2.45, 2.75) is 13.3 Å². The van der Waals surface area contributed by atoms with Gasteiger partial charge in [-0.15, -0.1) is 0 Å². The highest BCUT2D eigenvalue weighted by atomic mass is 79.9. The maximum Gasteiger partial charge on any atom is 0.133 e.